The maximum absolute atomic E-state index is 10.7. The number of hydrogen-bond donors (Lipinski definition) is 3. The first-order valence-electron chi connectivity index (χ1n) is 6.30. The van der Waals surface area contributed by atoms with Gasteiger partial charge in [0.2, 0.25) is 0 Å². The normalized spacial score (nSPS) is 12.6. The highest BCUT2D eigenvalue weighted by Crippen LogP contribution is 2.19. The molecule has 7 heteroatoms. The van der Waals surface area contributed by atoms with Crippen molar-refractivity contribution in [2.45, 2.75) is 38.8 Å². The van der Waals surface area contributed by atoms with Crippen molar-refractivity contribution in [1.29, 1.82) is 0 Å². The van der Waals surface area contributed by atoms with Crippen molar-refractivity contribution in [3.63, 3.8) is 0 Å². The number of aliphatic carboxylic acids is 1. The highest BCUT2D eigenvalue weighted by Gasteiger charge is 2.17. The Hall–Kier alpha value is -1.18. The van der Waals surface area contributed by atoms with E-state index in [9.17, 15) is 4.79 Å². The fourth-order valence-electron chi connectivity index (χ4n) is 1.38. The number of hydrogen-bond acceptors (Lipinski definition) is 6. The summed E-state index contributed by atoms with van der Waals surface area (Å²) < 4.78 is 5.43. The molecule has 0 aromatic carbocycles. The number of rotatable bonds is 9. The van der Waals surface area contributed by atoms with Crippen LogP contribution < -0.4 is 11.1 Å². The monoisotopic (exact) mass is 287 g/mol. The van der Waals surface area contributed by atoms with Crippen LogP contribution in [-0.2, 0) is 9.53 Å². The quantitative estimate of drug-likeness (QED) is 0.600. The Bertz CT molecular complexity index is 395. The topological polar surface area (TPSA) is 97.5 Å². The summed E-state index contributed by atoms with van der Waals surface area (Å²) in [7, 11) is 0. The molecule has 0 saturated carbocycles. The van der Waals surface area contributed by atoms with Crippen molar-refractivity contribution in [2.24, 2.45) is 5.73 Å². The molecule has 1 atom stereocenters. The van der Waals surface area contributed by atoms with E-state index >= 15 is 0 Å². The van der Waals surface area contributed by atoms with Gasteiger partial charge < -0.3 is 20.9 Å². The molecule has 0 aliphatic rings. The highest BCUT2D eigenvalue weighted by molar-refractivity contribution is 7.13. The van der Waals surface area contributed by atoms with Crippen LogP contribution in [0.3, 0.4) is 0 Å². The average molecular weight is 287 g/mol. The lowest BCUT2D eigenvalue weighted by Gasteiger charge is -2.07. The summed E-state index contributed by atoms with van der Waals surface area (Å²) in [5, 5.41) is 14.3. The van der Waals surface area contributed by atoms with Crippen LogP contribution in [0.25, 0.3) is 0 Å². The van der Waals surface area contributed by atoms with E-state index in [1.165, 1.54) is 11.3 Å². The lowest BCUT2D eigenvalue weighted by atomic mass is 10.2. The Balaban J connectivity index is 2.22. The van der Waals surface area contributed by atoms with E-state index in [1.807, 2.05) is 13.8 Å². The second-order valence-electron chi connectivity index (χ2n) is 4.45. The Morgan fingerprint density at radius 3 is 2.95 bits per heavy atom. The van der Waals surface area contributed by atoms with Gasteiger partial charge in [0, 0.05) is 18.5 Å². The van der Waals surface area contributed by atoms with E-state index in [4.69, 9.17) is 15.6 Å². The molecule has 0 spiro atoms. The van der Waals surface area contributed by atoms with Crippen LogP contribution in [0.15, 0.2) is 5.38 Å². The molecule has 1 unspecified atom stereocenters. The van der Waals surface area contributed by atoms with Crippen LogP contribution in [-0.4, -0.2) is 35.3 Å². The van der Waals surface area contributed by atoms with Crippen molar-refractivity contribution in [3.8, 4) is 0 Å². The number of thiazole rings is 1. The average Bonchev–Trinajstić information content (AvgIpc) is 2.80. The summed E-state index contributed by atoms with van der Waals surface area (Å²) in [6.45, 7) is 5.57. The van der Waals surface area contributed by atoms with E-state index in [1.54, 1.807) is 5.38 Å². The molecular weight excluding hydrogens is 266 g/mol. The van der Waals surface area contributed by atoms with Gasteiger partial charge in [-0.2, -0.15) is 0 Å². The number of nitrogens with two attached hydrogens (primary N) is 1. The lowest BCUT2D eigenvalue weighted by molar-refractivity contribution is -0.138. The van der Waals surface area contributed by atoms with Crippen LogP contribution in [0.5, 0.6) is 0 Å². The molecular formula is C12H21N3O3S. The third-order valence-electron chi connectivity index (χ3n) is 2.41. The van der Waals surface area contributed by atoms with Crippen molar-refractivity contribution in [2.75, 3.05) is 18.5 Å². The molecule has 108 valence electrons. The molecule has 1 rings (SSSR count). The molecule has 19 heavy (non-hydrogen) atoms. The van der Waals surface area contributed by atoms with E-state index < -0.39 is 12.0 Å². The summed E-state index contributed by atoms with van der Waals surface area (Å²) in [6, 6.07) is -1.05. The predicted octanol–water partition coefficient (Wildman–Crippen LogP) is 1.84. The SMILES string of the molecule is CC(C)OCCCCNc1nc(C(N)C(=O)O)cs1. The maximum Gasteiger partial charge on any atom is 0.326 e. The fraction of sp³-hybridized carbons (Fsp3) is 0.667. The fourth-order valence-corrected chi connectivity index (χ4v) is 2.15. The van der Waals surface area contributed by atoms with Crippen LogP contribution in [0, 0.1) is 0 Å². The van der Waals surface area contributed by atoms with Gasteiger partial charge in [0.15, 0.2) is 5.13 Å². The summed E-state index contributed by atoms with van der Waals surface area (Å²) >= 11 is 1.37. The minimum absolute atomic E-state index is 0.270. The Kier molecular flexibility index (Phi) is 6.75. The first-order valence-corrected chi connectivity index (χ1v) is 7.18. The number of aromatic nitrogens is 1. The molecule has 1 aromatic heterocycles. The van der Waals surface area contributed by atoms with Crippen molar-refractivity contribution in [1.82, 2.24) is 4.98 Å². The zero-order valence-electron chi connectivity index (χ0n) is 11.3. The van der Waals surface area contributed by atoms with Crippen LogP contribution >= 0.6 is 11.3 Å². The summed E-state index contributed by atoms with van der Waals surface area (Å²) in [6.07, 6.45) is 2.23. The largest absolute Gasteiger partial charge is 0.480 e. The first-order chi connectivity index (χ1) is 9.00. The second-order valence-corrected chi connectivity index (χ2v) is 5.30. The van der Waals surface area contributed by atoms with Crippen LogP contribution in [0.2, 0.25) is 0 Å². The number of unbranched alkanes of at least 4 members (excludes halogenated alkanes) is 1. The third kappa shape index (κ3) is 6.00. The zero-order valence-corrected chi connectivity index (χ0v) is 12.1. The highest BCUT2D eigenvalue weighted by atomic mass is 32.1. The molecule has 4 N–H and O–H groups in total. The van der Waals surface area contributed by atoms with Crippen LogP contribution in [0.1, 0.15) is 38.4 Å². The van der Waals surface area contributed by atoms with Crippen molar-refractivity contribution in [3.05, 3.63) is 11.1 Å². The Morgan fingerprint density at radius 2 is 2.32 bits per heavy atom. The number of nitrogens with zero attached hydrogens (tertiary/aromatic N) is 1. The molecule has 0 amide bonds. The lowest BCUT2D eigenvalue weighted by Crippen LogP contribution is -2.20. The molecule has 6 nitrogen and oxygen atoms in total. The third-order valence-corrected chi connectivity index (χ3v) is 3.22. The van der Waals surface area contributed by atoms with E-state index in [0.29, 0.717) is 10.8 Å². The summed E-state index contributed by atoms with van der Waals surface area (Å²) in [5.41, 5.74) is 5.87. The summed E-state index contributed by atoms with van der Waals surface area (Å²) in [5.74, 6) is -1.07. The molecule has 1 aromatic rings. The number of carboxylic acids is 1. The molecule has 0 fully saturated rings. The summed E-state index contributed by atoms with van der Waals surface area (Å²) in [4.78, 5) is 14.8. The van der Waals surface area contributed by atoms with Crippen LogP contribution in [0.4, 0.5) is 5.13 Å². The standard InChI is InChI=1S/C12H21N3O3S/c1-8(2)18-6-4-3-5-14-12-15-9(7-19-12)10(13)11(16)17/h7-8,10H,3-6,13H2,1-2H3,(H,14,15)(H,16,17). The smallest absolute Gasteiger partial charge is 0.326 e. The number of carboxylic acid groups (broad SMARTS) is 1. The van der Waals surface area contributed by atoms with Crippen molar-refractivity contribution < 1.29 is 14.6 Å². The van der Waals surface area contributed by atoms with E-state index in [-0.39, 0.29) is 6.10 Å². The maximum atomic E-state index is 10.7. The molecule has 0 aliphatic heterocycles. The van der Waals surface area contributed by atoms with E-state index in [0.717, 1.165) is 26.0 Å². The minimum Gasteiger partial charge on any atom is -0.480 e. The number of nitrogens with one attached hydrogen (secondary N) is 1. The first kappa shape index (κ1) is 15.9. The molecule has 1 heterocycles. The zero-order chi connectivity index (χ0) is 14.3. The van der Waals surface area contributed by atoms with Gasteiger partial charge in [-0.05, 0) is 26.7 Å². The minimum atomic E-state index is -1.07. The van der Waals surface area contributed by atoms with E-state index in [2.05, 4.69) is 10.3 Å². The second kappa shape index (κ2) is 8.08. The predicted molar refractivity (Wildman–Crippen MR) is 75.5 cm³/mol. The van der Waals surface area contributed by atoms with Gasteiger partial charge in [0.1, 0.15) is 6.04 Å². The van der Waals surface area contributed by atoms with Gasteiger partial charge in [-0.1, -0.05) is 0 Å². The van der Waals surface area contributed by atoms with Gasteiger partial charge in [-0.15, -0.1) is 11.3 Å². The van der Waals surface area contributed by atoms with Gasteiger partial charge in [-0.3, -0.25) is 4.79 Å². The number of anilines is 1. The van der Waals surface area contributed by atoms with Gasteiger partial charge >= 0.3 is 5.97 Å². The molecule has 0 bridgehead atoms. The molecule has 0 saturated heterocycles. The van der Waals surface area contributed by atoms with Gasteiger partial charge in [-0.25, -0.2) is 4.98 Å². The number of ether oxygens (including phenoxy) is 1. The molecule has 0 aliphatic carbocycles. The Morgan fingerprint density at radius 1 is 1.58 bits per heavy atom. The number of carbonyl (C=O) groups is 1. The van der Waals surface area contributed by atoms with Crippen molar-refractivity contribution >= 4 is 22.4 Å². The molecule has 0 radical (unpaired) electrons. The Labute approximate surface area is 117 Å². The van der Waals surface area contributed by atoms with Gasteiger partial charge in [0.05, 0.1) is 11.8 Å². The van der Waals surface area contributed by atoms with Gasteiger partial charge in [0.25, 0.3) is 0 Å².